The largest absolute Gasteiger partial charge is 0.298 e. The van der Waals surface area contributed by atoms with E-state index >= 15 is 0 Å². The summed E-state index contributed by atoms with van der Waals surface area (Å²) in [6.45, 7) is 0. The van der Waals surface area contributed by atoms with E-state index in [1.54, 1.807) is 18.2 Å². The molecule has 0 bridgehead atoms. The van der Waals surface area contributed by atoms with Gasteiger partial charge in [-0.1, -0.05) is 27.5 Å². The third-order valence-corrected chi connectivity index (χ3v) is 4.31. The molecule has 3 rings (SSSR count). The highest BCUT2D eigenvalue weighted by atomic mass is 79.9. The van der Waals surface area contributed by atoms with E-state index in [0.717, 1.165) is 10.2 Å². The predicted octanol–water partition coefficient (Wildman–Crippen LogP) is 4.69. The van der Waals surface area contributed by atoms with Crippen LogP contribution in [-0.4, -0.2) is 10.9 Å². The van der Waals surface area contributed by atoms with Crippen LogP contribution in [0.5, 0.6) is 0 Å². The second-order valence-corrected chi connectivity index (χ2v) is 6.67. The van der Waals surface area contributed by atoms with Crippen molar-refractivity contribution in [1.82, 2.24) is 4.98 Å². The van der Waals surface area contributed by atoms with Crippen LogP contribution < -0.4 is 5.32 Å². The van der Waals surface area contributed by atoms with Crippen LogP contribution in [0.4, 0.5) is 5.13 Å². The van der Waals surface area contributed by atoms with Crippen LogP contribution in [0.25, 0.3) is 0 Å². The number of benzene rings is 1. The molecule has 0 radical (unpaired) electrons. The number of thiazole rings is 1. The van der Waals surface area contributed by atoms with Crippen molar-refractivity contribution in [2.45, 2.75) is 18.8 Å². The summed E-state index contributed by atoms with van der Waals surface area (Å²) in [5, 5.41) is 5.99. The summed E-state index contributed by atoms with van der Waals surface area (Å²) in [5.41, 5.74) is 1.61. The molecule has 1 aromatic carbocycles. The fraction of sp³-hybridized carbons (Fsp3) is 0.231. The van der Waals surface area contributed by atoms with Gasteiger partial charge in [0.05, 0.1) is 5.69 Å². The van der Waals surface area contributed by atoms with Gasteiger partial charge in [-0.3, -0.25) is 10.1 Å². The van der Waals surface area contributed by atoms with Crippen LogP contribution in [0.15, 0.2) is 28.1 Å². The number of nitrogens with zero attached hydrogens (tertiary/aromatic N) is 1. The average Bonchev–Trinajstić information content (AvgIpc) is 3.09. The molecule has 1 N–H and O–H groups in total. The van der Waals surface area contributed by atoms with Gasteiger partial charge >= 0.3 is 0 Å². The summed E-state index contributed by atoms with van der Waals surface area (Å²) in [4.78, 5) is 16.5. The van der Waals surface area contributed by atoms with Gasteiger partial charge in [0.2, 0.25) is 0 Å². The topological polar surface area (TPSA) is 42.0 Å². The maximum Gasteiger partial charge on any atom is 0.257 e. The van der Waals surface area contributed by atoms with Gasteiger partial charge in [0, 0.05) is 26.4 Å². The molecule has 98 valence electrons. The average molecular weight is 358 g/mol. The van der Waals surface area contributed by atoms with E-state index in [1.165, 1.54) is 24.2 Å². The van der Waals surface area contributed by atoms with E-state index in [9.17, 15) is 4.79 Å². The molecule has 0 atom stereocenters. The lowest BCUT2D eigenvalue weighted by molar-refractivity contribution is 0.102. The summed E-state index contributed by atoms with van der Waals surface area (Å²) in [6.07, 6.45) is 2.41. The van der Waals surface area contributed by atoms with Crippen LogP contribution in [0.1, 0.15) is 34.8 Å². The normalized spacial score (nSPS) is 14.4. The first-order valence-corrected chi connectivity index (χ1v) is 7.90. The Morgan fingerprint density at radius 2 is 2.21 bits per heavy atom. The highest BCUT2D eigenvalue weighted by Gasteiger charge is 2.26. The third kappa shape index (κ3) is 3.16. The number of anilines is 1. The SMILES string of the molecule is O=C(Nc1nc(C2CC2)cs1)c1cc(Cl)cc(Br)c1. The number of hydrogen-bond acceptors (Lipinski definition) is 3. The van der Waals surface area contributed by atoms with Gasteiger partial charge in [0.25, 0.3) is 5.91 Å². The van der Waals surface area contributed by atoms with E-state index in [2.05, 4.69) is 26.2 Å². The Morgan fingerprint density at radius 1 is 1.42 bits per heavy atom. The van der Waals surface area contributed by atoms with E-state index in [0.29, 0.717) is 21.6 Å². The Balaban J connectivity index is 1.75. The van der Waals surface area contributed by atoms with Gasteiger partial charge in [-0.15, -0.1) is 11.3 Å². The summed E-state index contributed by atoms with van der Waals surface area (Å²) in [6, 6.07) is 5.11. The molecular formula is C13H10BrClN2OS. The second-order valence-electron chi connectivity index (χ2n) is 4.46. The molecule has 6 heteroatoms. The Hall–Kier alpha value is -0.910. The van der Waals surface area contributed by atoms with Crippen molar-refractivity contribution in [2.24, 2.45) is 0 Å². The highest BCUT2D eigenvalue weighted by Crippen LogP contribution is 2.40. The van der Waals surface area contributed by atoms with Crippen LogP contribution in [0.2, 0.25) is 5.02 Å². The van der Waals surface area contributed by atoms with Crippen molar-refractivity contribution < 1.29 is 4.79 Å². The van der Waals surface area contributed by atoms with E-state index < -0.39 is 0 Å². The van der Waals surface area contributed by atoms with Crippen molar-refractivity contribution in [3.63, 3.8) is 0 Å². The number of hydrogen-bond donors (Lipinski definition) is 1. The quantitative estimate of drug-likeness (QED) is 0.866. The first-order chi connectivity index (χ1) is 9.11. The number of carbonyl (C=O) groups is 1. The standard InChI is InChI=1S/C13H10BrClN2OS/c14-9-3-8(4-10(15)5-9)12(18)17-13-16-11(6-19-13)7-1-2-7/h3-7H,1-2H2,(H,16,17,18). The van der Waals surface area contributed by atoms with E-state index in [4.69, 9.17) is 11.6 Å². The van der Waals surface area contributed by atoms with Crippen molar-refractivity contribution in [1.29, 1.82) is 0 Å². The van der Waals surface area contributed by atoms with Crippen LogP contribution in [-0.2, 0) is 0 Å². The number of carbonyl (C=O) groups excluding carboxylic acids is 1. The van der Waals surface area contributed by atoms with Crippen molar-refractivity contribution in [2.75, 3.05) is 5.32 Å². The molecule has 19 heavy (non-hydrogen) atoms. The minimum atomic E-state index is -0.195. The fourth-order valence-corrected chi connectivity index (χ4v) is 3.41. The van der Waals surface area contributed by atoms with Gasteiger partial charge in [0.15, 0.2) is 5.13 Å². The molecule has 1 aromatic heterocycles. The first kappa shape index (κ1) is 13.1. The third-order valence-electron chi connectivity index (χ3n) is 2.86. The zero-order valence-corrected chi connectivity index (χ0v) is 13.0. The Labute approximate surface area is 128 Å². The minimum Gasteiger partial charge on any atom is -0.298 e. The lowest BCUT2D eigenvalue weighted by Gasteiger charge is -2.03. The summed E-state index contributed by atoms with van der Waals surface area (Å²) >= 11 is 10.7. The molecule has 0 aliphatic heterocycles. The smallest absolute Gasteiger partial charge is 0.257 e. The van der Waals surface area contributed by atoms with Gasteiger partial charge < -0.3 is 0 Å². The lowest BCUT2D eigenvalue weighted by atomic mass is 10.2. The molecule has 1 aliphatic rings. The van der Waals surface area contributed by atoms with Gasteiger partial charge in [0.1, 0.15) is 0 Å². The van der Waals surface area contributed by atoms with Crippen LogP contribution >= 0.6 is 38.9 Å². The molecular weight excluding hydrogens is 348 g/mol. The molecule has 0 saturated heterocycles. The Morgan fingerprint density at radius 3 is 2.89 bits per heavy atom. The first-order valence-electron chi connectivity index (χ1n) is 5.85. The molecule has 1 saturated carbocycles. The Bertz CT molecular complexity index is 619. The van der Waals surface area contributed by atoms with Crippen molar-refractivity contribution >= 4 is 49.9 Å². The zero-order chi connectivity index (χ0) is 13.4. The van der Waals surface area contributed by atoms with Crippen molar-refractivity contribution in [3.05, 3.63) is 44.3 Å². The highest BCUT2D eigenvalue weighted by molar-refractivity contribution is 9.10. The van der Waals surface area contributed by atoms with Crippen LogP contribution in [0.3, 0.4) is 0 Å². The fourth-order valence-electron chi connectivity index (χ4n) is 1.76. The molecule has 2 aromatic rings. The van der Waals surface area contributed by atoms with E-state index in [1.807, 2.05) is 5.38 Å². The molecule has 0 unspecified atom stereocenters. The lowest BCUT2D eigenvalue weighted by Crippen LogP contribution is -2.11. The number of rotatable bonds is 3. The second kappa shape index (κ2) is 5.23. The summed E-state index contributed by atoms with van der Waals surface area (Å²) in [5.74, 6) is 0.405. The number of halogens is 2. The molecule has 1 amide bonds. The number of nitrogens with one attached hydrogen (secondary N) is 1. The summed E-state index contributed by atoms with van der Waals surface area (Å²) in [7, 11) is 0. The molecule has 0 spiro atoms. The van der Waals surface area contributed by atoms with Crippen LogP contribution in [0, 0.1) is 0 Å². The maximum atomic E-state index is 12.1. The van der Waals surface area contributed by atoms with Gasteiger partial charge in [-0.05, 0) is 31.0 Å². The number of aromatic nitrogens is 1. The number of amides is 1. The molecule has 3 nitrogen and oxygen atoms in total. The monoisotopic (exact) mass is 356 g/mol. The maximum absolute atomic E-state index is 12.1. The molecule has 1 heterocycles. The molecule has 1 aliphatic carbocycles. The van der Waals surface area contributed by atoms with Gasteiger partial charge in [-0.2, -0.15) is 0 Å². The van der Waals surface area contributed by atoms with E-state index in [-0.39, 0.29) is 5.91 Å². The minimum absolute atomic E-state index is 0.195. The van der Waals surface area contributed by atoms with Gasteiger partial charge in [-0.25, -0.2) is 4.98 Å². The predicted molar refractivity (Wildman–Crippen MR) is 81.2 cm³/mol. The molecule has 1 fully saturated rings. The Kier molecular flexibility index (Phi) is 3.60. The summed E-state index contributed by atoms with van der Waals surface area (Å²) < 4.78 is 0.781. The van der Waals surface area contributed by atoms with Crippen molar-refractivity contribution in [3.8, 4) is 0 Å². The zero-order valence-electron chi connectivity index (χ0n) is 9.82.